The zero-order valence-corrected chi connectivity index (χ0v) is 18.1. The fourth-order valence-corrected chi connectivity index (χ4v) is 4.35. The van der Waals surface area contributed by atoms with E-state index >= 15 is 0 Å². The smallest absolute Gasteiger partial charge is 0.394 e. The quantitative estimate of drug-likeness (QED) is 0.278. The summed E-state index contributed by atoms with van der Waals surface area (Å²) in [5.41, 5.74) is 0.836. The van der Waals surface area contributed by atoms with Gasteiger partial charge in [-0.3, -0.25) is 13.8 Å². The summed E-state index contributed by atoms with van der Waals surface area (Å²) in [6, 6.07) is 9.12. The first-order valence-electron chi connectivity index (χ1n) is 9.86. The number of hydrogen-bond donors (Lipinski definition) is 4. The van der Waals surface area contributed by atoms with Gasteiger partial charge in [0, 0.05) is 6.54 Å². The van der Waals surface area contributed by atoms with E-state index in [2.05, 4.69) is 5.32 Å². The Kier molecular flexibility index (Phi) is 7.85. The molecule has 31 heavy (non-hydrogen) atoms. The lowest BCUT2D eigenvalue weighted by Gasteiger charge is -2.28. The number of ether oxygens (including phenoxy) is 3. The molecule has 0 radical (unpaired) electrons. The van der Waals surface area contributed by atoms with Crippen LogP contribution in [-0.2, 0) is 39.0 Å². The largest absolute Gasteiger partial charge is 0.472 e. The number of amides is 1. The average Bonchev–Trinajstić information content (AvgIpc) is 3.17. The van der Waals surface area contributed by atoms with Crippen molar-refractivity contribution in [3.05, 3.63) is 35.9 Å². The van der Waals surface area contributed by atoms with Gasteiger partial charge in [-0.05, 0) is 19.4 Å². The molecule has 0 aromatic heterocycles. The van der Waals surface area contributed by atoms with Crippen LogP contribution in [0.3, 0.4) is 0 Å². The molecule has 2 heterocycles. The molecule has 174 valence electrons. The number of benzene rings is 1. The number of rotatable bonds is 10. The second-order valence-electron chi connectivity index (χ2n) is 7.70. The number of nitrogens with one attached hydrogen (secondary N) is 1. The monoisotopic (exact) mass is 461 g/mol. The predicted octanol–water partition coefficient (Wildman–Crippen LogP) is 0.0771. The summed E-state index contributed by atoms with van der Waals surface area (Å²) in [4.78, 5) is 22.0. The van der Waals surface area contributed by atoms with Crippen molar-refractivity contribution in [1.82, 2.24) is 5.32 Å². The van der Waals surface area contributed by atoms with Gasteiger partial charge in [-0.25, -0.2) is 4.57 Å². The number of fused-ring (bicyclic) bond motifs is 1. The maximum Gasteiger partial charge on any atom is 0.472 e. The van der Waals surface area contributed by atoms with Gasteiger partial charge in [0.15, 0.2) is 12.1 Å². The first-order chi connectivity index (χ1) is 14.6. The molecule has 2 aliphatic heterocycles. The molecular weight excluding hydrogens is 433 g/mol. The zero-order chi connectivity index (χ0) is 22.6. The highest BCUT2D eigenvalue weighted by Crippen LogP contribution is 2.50. The predicted molar refractivity (Wildman–Crippen MR) is 106 cm³/mol. The Morgan fingerprint density at radius 1 is 1.29 bits per heavy atom. The number of carbonyl (C=O) groups excluding carboxylic acids is 1. The lowest BCUT2D eigenvalue weighted by Crippen LogP contribution is -2.43. The lowest BCUT2D eigenvalue weighted by molar-refractivity contribution is -0.226. The SMILES string of the molecule is CC1(C)O[C@H]2O[C@H]([C@@H](O)CO)[C@H](OP(=O)(O)OCCNC(=O)Cc3ccccc3)[C@H]2O1. The number of aliphatic hydroxyl groups is 2. The number of phosphoric ester groups is 1. The number of carbonyl (C=O) groups is 1. The second-order valence-corrected chi connectivity index (χ2v) is 9.11. The molecule has 12 heteroatoms. The van der Waals surface area contributed by atoms with Crippen molar-refractivity contribution in [1.29, 1.82) is 0 Å². The van der Waals surface area contributed by atoms with E-state index in [4.69, 9.17) is 23.3 Å². The first kappa shape index (κ1) is 24.2. The molecule has 0 saturated carbocycles. The van der Waals surface area contributed by atoms with Crippen LogP contribution in [0.25, 0.3) is 0 Å². The van der Waals surface area contributed by atoms with Crippen molar-refractivity contribution >= 4 is 13.7 Å². The van der Waals surface area contributed by atoms with Crippen LogP contribution in [0, 0.1) is 0 Å². The van der Waals surface area contributed by atoms with Crippen molar-refractivity contribution in [2.24, 2.45) is 0 Å². The molecule has 11 nitrogen and oxygen atoms in total. The highest BCUT2D eigenvalue weighted by atomic mass is 31.2. The minimum atomic E-state index is -4.61. The normalized spacial score (nSPS) is 29.8. The Bertz CT molecular complexity index is 791. The van der Waals surface area contributed by atoms with Crippen LogP contribution < -0.4 is 5.32 Å². The van der Waals surface area contributed by atoms with Crippen LogP contribution >= 0.6 is 7.82 Å². The van der Waals surface area contributed by atoms with Gasteiger partial charge in [0.2, 0.25) is 5.91 Å². The molecule has 0 aliphatic carbocycles. The molecule has 0 spiro atoms. The van der Waals surface area contributed by atoms with E-state index in [1.165, 1.54) is 0 Å². The maximum absolute atomic E-state index is 12.4. The molecule has 1 aromatic carbocycles. The van der Waals surface area contributed by atoms with Crippen LogP contribution in [0.5, 0.6) is 0 Å². The minimum absolute atomic E-state index is 0.0118. The van der Waals surface area contributed by atoms with Gasteiger partial charge in [-0.1, -0.05) is 30.3 Å². The zero-order valence-electron chi connectivity index (χ0n) is 17.2. The van der Waals surface area contributed by atoms with Crippen molar-refractivity contribution < 1.29 is 47.7 Å². The standard InChI is InChI=1S/C19H28NO10P/c1-19(2)28-17-16(15(13(22)11-21)27-18(17)29-19)30-31(24,25)26-9-8-20-14(23)10-12-6-4-3-5-7-12/h3-7,13,15-18,21-22H,8-11H2,1-2H3,(H,20,23)(H,24,25)/t13-,15+,16-,17+,18+/m0/s1. The van der Waals surface area contributed by atoms with E-state index in [1.54, 1.807) is 13.8 Å². The molecule has 6 atom stereocenters. The Balaban J connectivity index is 1.50. The third kappa shape index (κ3) is 6.55. The molecule has 0 bridgehead atoms. The number of hydrogen-bond acceptors (Lipinski definition) is 9. The fourth-order valence-electron chi connectivity index (χ4n) is 3.42. The van der Waals surface area contributed by atoms with Crippen LogP contribution in [-0.4, -0.2) is 77.3 Å². The summed E-state index contributed by atoms with van der Waals surface area (Å²) in [7, 11) is -4.61. The summed E-state index contributed by atoms with van der Waals surface area (Å²) >= 11 is 0. The summed E-state index contributed by atoms with van der Waals surface area (Å²) in [6.07, 6.45) is -5.45. The molecule has 4 N–H and O–H groups in total. The molecule has 2 aliphatic rings. The molecule has 1 unspecified atom stereocenters. The summed E-state index contributed by atoms with van der Waals surface area (Å²) in [6.45, 7) is 2.32. The molecule has 2 saturated heterocycles. The van der Waals surface area contributed by atoms with Crippen LogP contribution in [0.15, 0.2) is 30.3 Å². The third-order valence-electron chi connectivity index (χ3n) is 4.73. The second kappa shape index (κ2) is 10.0. The summed E-state index contributed by atoms with van der Waals surface area (Å²) < 4.78 is 39.3. The Morgan fingerprint density at radius 2 is 2.00 bits per heavy atom. The van der Waals surface area contributed by atoms with Gasteiger partial charge in [0.25, 0.3) is 0 Å². The molecule has 1 aromatic rings. The number of phosphoric acid groups is 1. The van der Waals surface area contributed by atoms with Crippen molar-refractivity contribution in [3.63, 3.8) is 0 Å². The Hall–Kier alpha value is -1.40. The summed E-state index contributed by atoms with van der Waals surface area (Å²) in [5.74, 6) is -1.28. The lowest BCUT2D eigenvalue weighted by atomic mass is 10.1. The van der Waals surface area contributed by atoms with Gasteiger partial charge in [0.05, 0.1) is 19.6 Å². The van der Waals surface area contributed by atoms with E-state index < -0.39 is 50.9 Å². The van der Waals surface area contributed by atoms with E-state index in [-0.39, 0.29) is 25.5 Å². The van der Waals surface area contributed by atoms with Crippen molar-refractivity contribution in [3.8, 4) is 0 Å². The van der Waals surface area contributed by atoms with Gasteiger partial charge in [0.1, 0.15) is 24.4 Å². The topological polar surface area (TPSA) is 153 Å². The highest BCUT2D eigenvalue weighted by molar-refractivity contribution is 7.47. The third-order valence-corrected chi connectivity index (χ3v) is 5.75. The van der Waals surface area contributed by atoms with E-state index in [0.717, 1.165) is 5.56 Å². The Morgan fingerprint density at radius 3 is 2.68 bits per heavy atom. The van der Waals surface area contributed by atoms with Crippen molar-refractivity contribution in [2.45, 2.75) is 56.8 Å². The molecule has 3 rings (SSSR count). The van der Waals surface area contributed by atoms with Gasteiger partial charge in [-0.2, -0.15) is 0 Å². The van der Waals surface area contributed by atoms with Crippen LogP contribution in [0.1, 0.15) is 19.4 Å². The van der Waals surface area contributed by atoms with Gasteiger partial charge < -0.3 is 34.6 Å². The van der Waals surface area contributed by atoms with E-state index in [9.17, 15) is 24.5 Å². The molecule has 2 fully saturated rings. The first-order valence-corrected chi connectivity index (χ1v) is 11.4. The minimum Gasteiger partial charge on any atom is -0.394 e. The van der Waals surface area contributed by atoms with Gasteiger partial charge in [-0.15, -0.1) is 0 Å². The van der Waals surface area contributed by atoms with E-state index in [0.29, 0.717) is 0 Å². The number of aliphatic hydroxyl groups excluding tert-OH is 2. The highest BCUT2D eigenvalue weighted by Gasteiger charge is 2.58. The fraction of sp³-hybridized carbons (Fsp3) is 0.632. The molecular formula is C19H28NO10P. The van der Waals surface area contributed by atoms with Crippen LogP contribution in [0.2, 0.25) is 0 Å². The molecule has 1 amide bonds. The van der Waals surface area contributed by atoms with E-state index in [1.807, 2.05) is 30.3 Å². The Labute approximate surface area is 179 Å². The van der Waals surface area contributed by atoms with Crippen LogP contribution in [0.4, 0.5) is 0 Å². The summed E-state index contributed by atoms with van der Waals surface area (Å²) in [5, 5.41) is 21.8. The maximum atomic E-state index is 12.4. The average molecular weight is 461 g/mol. The van der Waals surface area contributed by atoms with Crippen molar-refractivity contribution in [2.75, 3.05) is 19.8 Å². The van der Waals surface area contributed by atoms with Gasteiger partial charge >= 0.3 is 7.82 Å².